The number of rotatable bonds is 6. The first-order valence-corrected chi connectivity index (χ1v) is 11.9. The minimum atomic E-state index is -3.09. The van der Waals surface area contributed by atoms with Crippen molar-refractivity contribution in [3.8, 4) is 5.75 Å². The van der Waals surface area contributed by atoms with Crippen molar-refractivity contribution in [3.05, 3.63) is 42.0 Å². The van der Waals surface area contributed by atoms with Crippen molar-refractivity contribution < 1.29 is 22.7 Å². The third-order valence-corrected chi connectivity index (χ3v) is 7.76. The molecule has 1 aliphatic heterocycles. The van der Waals surface area contributed by atoms with Gasteiger partial charge in [0.15, 0.2) is 22.7 Å². The van der Waals surface area contributed by atoms with Crippen molar-refractivity contribution in [2.24, 2.45) is 0 Å². The lowest BCUT2D eigenvalue weighted by Gasteiger charge is -2.34. The van der Waals surface area contributed by atoms with Crippen molar-refractivity contribution in [3.63, 3.8) is 0 Å². The van der Waals surface area contributed by atoms with Gasteiger partial charge < -0.3 is 9.64 Å². The van der Waals surface area contributed by atoms with E-state index in [1.807, 2.05) is 30.3 Å². The number of sulfone groups is 1. The monoisotopic (exact) mass is 415 g/mol. The Hall–Kier alpha value is -2.41. The molecule has 2 aliphatic rings. The second-order valence-corrected chi connectivity index (χ2v) is 10.1. The van der Waals surface area contributed by atoms with Gasteiger partial charge in [0.05, 0.1) is 17.1 Å². The Balaban J connectivity index is 1.54. The molecule has 1 amide bonds. The third-order valence-electron chi connectivity index (χ3n) is 6.01. The van der Waals surface area contributed by atoms with Crippen LogP contribution in [0.5, 0.6) is 5.75 Å². The zero-order valence-corrected chi connectivity index (χ0v) is 17.1. The first-order valence-electron chi connectivity index (χ1n) is 10.1. The SMILES string of the molecule is O=Cc1c(OCC(=O)N(C2CCCC2)[C@@H]2CCS(=O)(=O)C2)ccc2ccccc12. The van der Waals surface area contributed by atoms with Crippen LogP contribution in [0.15, 0.2) is 36.4 Å². The number of carbonyl (C=O) groups excluding carboxylic acids is 2. The molecule has 2 aromatic rings. The van der Waals surface area contributed by atoms with Crippen LogP contribution in [0.2, 0.25) is 0 Å². The van der Waals surface area contributed by atoms with E-state index in [1.165, 1.54) is 0 Å². The molecule has 0 radical (unpaired) electrons. The fourth-order valence-electron chi connectivity index (χ4n) is 4.62. The number of carbonyl (C=O) groups is 2. The molecule has 0 spiro atoms. The largest absolute Gasteiger partial charge is 0.483 e. The molecular formula is C22H25NO5S. The first kappa shape index (κ1) is 19.9. The molecule has 0 bridgehead atoms. The van der Waals surface area contributed by atoms with Gasteiger partial charge in [0.25, 0.3) is 5.91 Å². The Bertz CT molecular complexity index is 1030. The van der Waals surface area contributed by atoms with Gasteiger partial charge in [0.2, 0.25) is 0 Å². The quantitative estimate of drug-likeness (QED) is 0.678. The number of amides is 1. The Morgan fingerprint density at radius 1 is 1.07 bits per heavy atom. The summed E-state index contributed by atoms with van der Waals surface area (Å²) in [6.45, 7) is -0.202. The van der Waals surface area contributed by atoms with Crippen LogP contribution in [0.3, 0.4) is 0 Å². The highest BCUT2D eigenvalue weighted by molar-refractivity contribution is 7.91. The highest BCUT2D eigenvalue weighted by atomic mass is 32.2. The topological polar surface area (TPSA) is 80.8 Å². The van der Waals surface area contributed by atoms with Crippen LogP contribution < -0.4 is 4.74 Å². The molecular weight excluding hydrogens is 390 g/mol. The van der Waals surface area contributed by atoms with Crippen molar-refractivity contribution in [1.82, 2.24) is 4.90 Å². The molecule has 7 heteroatoms. The minimum Gasteiger partial charge on any atom is -0.483 e. The number of ether oxygens (including phenoxy) is 1. The zero-order chi connectivity index (χ0) is 20.4. The van der Waals surface area contributed by atoms with Gasteiger partial charge in [0.1, 0.15) is 5.75 Å². The minimum absolute atomic E-state index is 0.0325. The summed E-state index contributed by atoms with van der Waals surface area (Å²) in [5.74, 6) is 0.334. The molecule has 2 aromatic carbocycles. The van der Waals surface area contributed by atoms with Crippen molar-refractivity contribution >= 4 is 32.8 Å². The fourth-order valence-corrected chi connectivity index (χ4v) is 6.33. The lowest BCUT2D eigenvalue weighted by molar-refractivity contribution is -0.137. The van der Waals surface area contributed by atoms with Crippen LogP contribution in [0.1, 0.15) is 42.5 Å². The molecule has 1 aliphatic carbocycles. The summed E-state index contributed by atoms with van der Waals surface area (Å²) in [5, 5.41) is 1.71. The van der Waals surface area contributed by atoms with E-state index in [1.54, 1.807) is 11.0 Å². The Morgan fingerprint density at radius 2 is 1.83 bits per heavy atom. The van der Waals surface area contributed by atoms with E-state index in [0.717, 1.165) is 42.7 Å². The average Bonchev–Trinajstić information content (AvgIpc) is 3.36. The van der Waals surface area contributed by atoms with Crippen molar-refractivity contribution in [1.29, 1.82) is 0 Å². The summed E-state index contributed by atoms with van der Waals surface area (Å²) < 4.78 is 29.7. The Labute approximate surface area is 170 Å². The van der Waals surface area contributed by atoms with Crippen LogP contribution >= 0.6 is 0 Å². The van der Waals surface area contributed by atoms with Crippen LogP contribution in [0.25, 0.3) is 10.8 Å². The molecule has 1 heterocycles. The molecule has 0 N–H and O–H groups in total. The van der Waals surface area contributed by atoms with Crippen LogP contribution in [-0.2, 0) is 14.6 Å². The van der Waals surface area contributed by atoms with Crippen molar-refractivity contribution in [2.45, 2.75) is 44.2 Å². The van der Waals surface area contributed by atoms with E-state index in [0.29, 0.717) is 17.7 Å². The van der Waals surface area contributed by atoms with E-state index in [-0.39, 0.29) is 36.1 Å². The standard InChI is InChI=1S/C22H25NO5S/c24-13-20-19-8-4-1-5-16(19)9-10-21(20)28-14-22(25)23(17-6-2-3-7-17)18-11-12-29(26,27)15-18/h1,4-5,8-10,13,17-18H,2-3,6-7,11-12,14-15H2/t18-/m1/s1. The lowest BCUT2D eigenvalue weighted by atomic mass is 10.0. The molecule has 1 saturated heterocycles. The summed E-state index contributed by atoms with van der Waals surface area (Å²) in [7, 11) is -3.09. The van der Waals surface area contributed by atoms with Crippen LogP contribution in [0.4, 0.5) is 0 Å². The van der Waals surface area contributed by atoms with Gasteiger partial charge >= 0.3 is 0 Å². The maximum atomic E-state index is 13.1. The summed E-state index contributed by atoms with van der Waals surface area (Å²) in [5.41, 5.74) is 0.423. The number of nitrogens with zero attached hydrogens (tertiary/aromatic N) is 1. The van der Waals surface area contributed by atoms with E-state index >= 15 is 0 Å². The zero-order valence-electron chi connectivity index (χ0n) is 16.2. The summed E-state index contributed by atoms with van der Waals surface area (Å²) >= 11 is 0. The van der Waals surface area contributed by atoms with Gasteiger partial charge in [-0.05, 0) is 36.1 Å². The maximum absolute atomic E-state index is 13.1. The van der Waals surface area contributed by atoms with Gasteiger partial charge in [-0.15, -0.1) is 0 Å². The van der Waals surface area contributed by atoms with E-state index in [2.05, 4.69) is 0 Å². The van der Waals surface area contributed by atoms with Crippen LogP contribution in [0, 0.1) is 0 Å². The maximum Gasteiger partial charge on any atom is 0.261 e. The number of fused-ring (bicyclic) bond motifs is 1. The van der Waals surface area contributed by atoms with Gasteiger partial charge in [0, 0.05) is 12.1 Å². The molecule has 0 unspecified atom stereocenters. The molecule has 154 valence electrons. The molecule has 1 atom stereocenters. The number of hydrogen-bond acceptors (Lipinski definition) is 5. The third kappa shape index (κ3) is 4.15. The van der Waals surface area contributed by atoms with Crippen LogP contribution in [-0.4, -0.2) is 55.7 Å². The Kier molecular flexibility index (Phi) is 5.58. The fraction of sp³-hybridized carbons (Fsp3) is 0.455. The predicted octanol–water partition coefficient (Wildman–Crippen LogP) is 2.99. The molecule has 2 fully saturated rings. The average molecular weight is 416 g/mol. The second-order valence-electron chi connectivity index (χ2n) is 7.90. The van der Waals surface area contributed by atoms with Gasteiger partial charge in [-0.25, -0.2) is 8.42 Å². The Morgan fingerprint density at radius 3 is 2.52 bits per heavy atom. The predicted molar refractivity (Wildman–Crippen MR) is 111 cm³/mol. The molecule has 29 heavy (non-hydrogen) atoms. The van der Waals surface area contributed by atoms with Gasteiger partial charge in [-0.1, -0.05) is 43.2 Å². The van der Waals surface area contributed by atoms with Gasteiger partial charge in [-0.3, -0.25) is 9.59 Å². The molecule has 0 aromatic heterocycles. The first-order chi connectivity index (χ1) is 14.0. The van der Waals surface area contributed by atoms with Gasteiger partial charge in [-0.2, -0.15) is 0 Å². The number of hydrogen-bond donors (Lipinski definition) is 0. The molecule has 6 nitrogen and oxygen atoms in total. The lowest BCUT2D eigenvalue weighted by Crippen LogP contribution is -2.48. The summed E-state index contributed by atoms with van der Waals surface area (Å²) in [6, 6.07) is 10.9. The van der Waals surface area contributed by atoms with E-state index in [4.69, 9.17) is 4.74 Å². The molecule has 1 saturated carbocycles. The number of aldehydes is 1. The second kappa shape index (κ2) is 8.14. The van der Waals surface area contributed by atoms with E-state index < -0.39 is 9.84 Å². The van der Waals surface area contributed by atoms with E-state index in [9.17, 15) is 18.0 Å². The number of benzene rings is 2. The highest BCUT2D eigenvalue weighted by Crippen LogP contribution is 2.30. The normalized spacial score (nSPS) is 21.3. The molecule has 4 rings (SSSR count). The highest BCUT2D eigenvalue weighted by Gasteiger charge is 2.39. The smallest absolute Gasteiger partial charge is 0.261 e. The summed E-state index contributed by atoms with van der Waals surface area (Å²) in [4.78, 5) is 26.5. The van der Waals surface area contributed by atoms with Crippen molar-refractivity contribution in [2.75, 3.05) is 18.1 Å². The summed E-state index contributed by atoms with van der Waals surface area (Å²) in [6.07, 6.45) is 5.14.